The van der Waals surface area contributed by atoms with E-state index in [2.05, 4.69) is 15.0 Å². The van der Waals surface area contributed by atoms with Crippen LogP contribution in [0.1, 0.15) is 22.5 Å². The Morgan fingerprint density at radius 1 is 1.33 bits per heavy atom. The summed E-state index contributed by atoms with van der Waals surface area (Å²) in [7, 11) is 1.15. The number of nitrogens with zero attached hydrogens (tertiary/aromatic N) is 2. The summed E-state index contributed by atoms with van der Waals surface area (Å²) in [5.74, 6) is -2.60. The number of benzene rings is 1. The van der Waals surface area contributed by atoms with Gasteiger partial charge in [0.1, 0.15) is 5.82 Å². The average molecular weight is 371 g/mol. The van der Waals surface area contributed by atoms with E-state index in [1.807, 2.05) is 12.1 Å². The first kappa shape index (κ1) is 18.5. The number of esters is 1. The third kappa shape index (κ3) is 4.28. The van der Waals surface area contributed by atoms with E-state index in [-0.39, 0.29) is 36.0 Å². The summed E-state index contributed by atoms with van der Waals surface area (Å²) in [6.45, 7) is 0.610. The number of likely N-dealkylation sites (tertiary alicyclic amines) is 1. The van der Waals surface area contributed by atoms with Gasteiger partial charge >= 0.3 is 5.97 Å². The quantitative estimate of drug-likeness (QED) is 0.812. The Hall–Kier alpha value is -3.29. The van der Waals surface area contributed by atoms with Crippen molar-refractivity contribution in [2.75, 3.05) is 19.0 Å². The number of hydrogen-bond donors (Lipinski definition) is 1. The molecule has 2 aromatic rings. The maximum absolute atomic E-state index is 13.7. The molecule has 8 heteroatoms. The molecule has 1 saturated heterocycles. The minimum atomic E-state index is -0.832. The Morgan fingerprint density at radius 2 is 2.15 bits per heavy atom. The van der Waals surface area contributed by atoms with Gasteiger partial charge < -0.3 is 15.0 Å². The zero-order chi connectivity index (χ0) is 19.4. The number of carbonyl (C=O) groups excluding carboxylic acids is 3. The Labute approximate surface area is 155 Å². The van der Waals surface area contributed by atoms with Gasteiger partial charge in [0.25, 0.3) is 0 Å². The second-order valence-corrected chi connectivity index (χ2v) is 6.17. The van der Waals surface area contributed by atoms with Crippen LogP contribution < -0.4 is 5.32 Å². The number of methoxy groups -OCH3 is 1. The van der Waals surface area contributed by atoms with Gasteiger partial charge in [-0.15, -0.1) is 0 Å². The van der Waals surface area contributed by atoms with Crippen molar-refractivity contribution in [1.82, 2.24) is 9.88 Å². The van der Waals surface area contributed by atoms with Gasteiger partial charge in [-0.25, -0.2) is 9.18 Å². The molecule has 2 amide bonds. The summed E-state index contributed by atoms with van der Waals surface area (Å²) in [5.41, 5.74) is 0.736. The number of ether oxygens (including phenoxy) is 1. The minimum absolute atomic E-state index is 0.0870. The number of anilines is 1. The highest BCUT2D eigenvalue weighted by Crippen LogP contribution is 2.22. The molecule has 0 saturated carbocycles. The molecule has 1 unspecified atom stereocenters. The van der Waals surface area contributed by atoms with Gasteiger partial charge in [-0.3, -0.25) is 14.6 Å². The molecular formula is C19H18FN3O4. The van der Waals surface area contributed by atoms with Crippen LogP contribution in [0.5, 0.6) is 0 Å². The molecule has 0 aliphatic carbocycles. The summed E-state index contributed by atoms with van der Waals surface area (Å²) in [6, 6.07) is 9.07. The van der Waals surface area contributed by atoms with Gasteiger partial charge in [0.05, 0.1) is 30.8 Å². The average Bonchev–Trinajstić information content (AvgIpc) is 3.04. The number of pyridine rings is 1. The highest BCUT2D eigenvalue weighted by molar-refractivity contribution is 5.98. The zero-order valence-electron chi connectivity index (χ0n) is 14.6. The molecule has 1 aromatic heterocycles. The molecule has 3 rings (SSSR count). The smallest absolute Gasteiger partial charge is 0.340 e. The van der Waals surface area contributed by atoms with Crippen molar-refractivity contribution >= 4 is 23.5 Å². The van der Waals surface area contributed by atoms with Crippen LogP contribution in [0, 0.1) is 11.7 Å². The second-order valence-electron chi connectivity index (χ2n) is 6.17. The summed E-state index contributed by atoms with van der Waals surface area (Å²) in [4.78, 5) is 42.0. The Balaban J connectivity index is 1.65. The van der Waals surface area contributed by atoms with Crippen LogP contribution in [-0.2, 0) is 20.9 Å². The van der Waals surface area contributed by atoms with Gasteiger partial charge in [0.2, 0.25) is 11.8 Å². The van der Waals surface area contributed by atoms with Crippen LogP contribution in [-0.4, -0.2) is 41.3 Å². The van der Waals surface area contributed by atoms with Crippen LogP contribution >= 0.6 is 0 Å². The first-order chi connectivity index (χ1) is 13.0. The van der Waals surface area contributed by atoms with Crippen molar-refractivity contribution in [1.29, 1.82) is 0 Å². The van der Waals surface area contributed by atoms with Crippen molar-refractivity contribution < 1.29 is 23.5 Å². The summed E-state index contributed by atoms with van der Waals surface area (Å²) in [6.07, 6.45) is 1.73. The van der Waals surface area contributed by atoms with Crippen LogP contribution in [0.2, 0.25) is 0 Å². The number of carbonyl (C=O) groups is 3. The third-order valence-corrected chi connectivity index (χ3v) is 4.30. The van der Waals surface area contributed by atoms with Crippen LogP contribution in [0.4, 0.5) is 10.1 Å². The topological polar surface area (TPSA) is 88.6 Å². The normalized spacial score (nSPS) is 16.3. The van der Waals surface area contributed by atoms with Gasteiger partial charge in [-0.05, 0) is 30.3 Å². The molecule has 1 atom stereocenters. The van der Waals surface area contributed by atoms with E-state index in [0.29, 0.717) is 6.54 Å². The lowest BCUT2D eigenvalue weighted by Crippen LogP contribution is -2.28. The summed E-state index contributed by atoms with van der Waals surface area (Å²) >= 11 is 0. The van der Waals surface area contributed by atoms with Crippen molar-refractivity contribution in [2.24, 2.45) is 5.92 Å². The molecule has 2 heterocycles. The van der Waals surface area contributed by atoms with E-state index in [1.165, 1.54) is 12.1 Å². The monoisotopic (exact) mass is 371 g/mol. The predicted molar refractivity (Wildman–Crippen MR) is 94.1 cm³/mol. The molecule has 140 valence electrons. The van der Waals surface area contributed by atoms with Gasteiger partial charge in [-0.2, -0.15) is 0 Å². The number of rotatable bonds is 5. The molecule has 1 aliphatic heterocycles. The first-order valence-electron chi connectivity index (χ1n) is 8.34. The van der Waals surface area contributed by atoms with Gasteiger partial charge in [0.15, 0.2) is 0 Å². The Morgan fingerprint density at radius 3 is 2.85 bits per heavy atom. The number of aromatic nitrogens is 1. The standard InChI is InChI=1S/C19H18FN3O4/c1-27-19(26)15-9-13(5-6-16(15)20)22-18(25)12-8-17(24)23(10-12)11-14-4-2-3-7-21-14/h2-7,9,12H,8,10-11H2,1H3,(H,22,25). The summed E-state index contributed by atoms with van der Waals surface area (Å²) < 4.78 is 18.2. The molecule has 1 aromatic carbocycles. The second kappa shape index (κ2) is 7.94. The van der Waals surface area contributed by atoms with Crippen LogP contribution in [0.25, 0.3) is 0 Å². The number of nitrogens with one attached hydrogen (secondary N) is 1. The molecule has 0 bridgehead atoms. The maximum Gasteiger partial charge on any atom is 0.340 e. The highest BCUT2D eigenvalue weighted by atomic mass is 19.1. The third-order valence-electron chi connectivity index (χ3n) is 4.30. The predicted octanol–water partition coefficient (Wildman–Crippen LogP) is 1.99. The molecule has 27 heavy (non-hydrogen) atoms. The molecule has 0 spiro atoms. The van der Waals surface area contributed by atoms with E-state index in [4.69, 9.17) is 0 Å². The number of halogens is 1. The van der Waals surface area contributed by atoms with E-state index >= 15 is 0 Å². The molecular weight excluding hydrogens is 353 g/mol. The fourth-order valence-electron chi connectivity index (χ4n) is 2.90. The van der Waals surface area contributed by atoms with E-state index in [1.54, 1.807) is 17.2 Å². The van der Waals surface area contributed by atoms with Crippen molar-refractivity contribution in [3.8, 4) is 0 Å². The van der Waals surface area contributed by atoms with Crippen LogP contribution in [0.3, 0.4) is 0 Å². The van der Waals surface area contributed by atoms with Gasteiger partial charge in [0, 0.05) is 24.8 Å². The first-order valence-corrected chi connectivity index (χ1v) is 8.34. The molecule has 0 radical (unpaired) electrons. The Kier molecular flexibility index (Phi) is 5.44. The lowest BCUT2D eigenvalue weighted by Gasteiger charge is -2.16. The molecule has 1 N–H and O–H groups in total. The highest BCUT2D eigenvalue weighted by Gasteiger charge is 2.34. The Bertz CT molecular complexity index is 873. The minimum Gasteiger partial charge on any atom is -0.465 e. The fraction of sp³-hybridized carbons (Fsp3) is 0.263. The van der Waals surface area contributed by atoms with Crippen molar-refractivity contribution in [3.05, 3.63) is 59.7 Å². The fourth-order valence-corrected chi connectivity index (χ4v) is 2.90. The number of hydrogen-bond acceptors (Lipinski definition) is 5. The lowest BCUT2D eigenvalue weighted by molar-refractivity contribution is -0.128. The molecule has 7 nitrogen and oxygen atoms in total. The van der Waals surface area contributed by atoms with Crippen molar-refractivity contribution in [2.45, 2.75) is 13.0 Å². The largest absolute Gasteiger partial charge is 0.465 e. The van der Waals surface area contributed by atoms with E-state index in [0.717, 1.165) is 18.9 Å². The number of amides is 2. The van der Waals surface area contributed by atoms with E-state index < -0.39 is 17.7 Å². The zero-order valence-corrected chi connectivity index (χ0v) is 14.6. The SMILES string of the molecule is COC(=O)c1cc(NC(=O)C2CC(=O)N(Cc3ccccn3)C2)ccc1F. The van der Waals surface area contributed by atoms with E-state index in [9.17, 15) is 18.8 Å². The van der Waals surface area contributed by atoms with Gasteiger partial charge in [-0.1, -0.05) is 6.07 Å². The molecule has 1 aliphatic rings. The molecule has 1 fully saturated rings. The lowest BCUT2D eigenvalue weighted by atomic mass is 10.1. The van der Waals surface area contributed by atoms with Crippen molar-refractivity contribution in [3.63, 3.8) is 0 Å². The maximum atomic E-state index is 13.7. The summed E-state index contributed by atoms with van der Waals surface area (Å²) in [5, 5.41) is 2.63. The van der Waals surface area contributed by atoms with Crippen LogP contribution in [0.15, 0.2) is 42.6 Å².